The van der Waals surface area contributed by atoms with Gasteiger partial charge in [-0.05, 0) is 18.4 Å². The van der Waals surface area contributed by atoms with Crippen LogP contribution in [0.3, 0.4) is 0 Å². The third-order valence-electron chi connectivity index (χ3n) is 3.51. The lowest BCUT2D eigenvalue weighted by molar-refractivity contribution is 0.0779. The van der Waals surface area contributed by atoms with Gasteiger partial charge in [0.1, 0.15) is 5.69 Å². The molecule has 0 saturated heterocycles. The average Bonchev–Trinajstić information content (AvgIpc) is 2.76. The lowest BCUT2D eigenvalue weighted by Crippen LogP contribution is -2.35. The summed E-state index contributed by atoms with van der Waals surface area (Å²) in [7, 11) is 3.44. The SMILES string of the molecule is CC(C)C(N)CCN(C)C(=O)c1cc(C(N)=O)cn1C.Cl. The molecule has 0 saturated carbocycles. The molecule has 0 aromatic carbocycles. The Bertz CT molecular complexity index is 499. The molecule has 120 valence electrons. The molecule has 0 radical (unpaired) electrons. The minimum absolute atomic E-state index is 0. The zero-order valence-corrected chi connectivity index (χ0v) is 13.8. The number of halogens is 1. The molecule has 1 rings (SSSR count). The molecule has 4 N–H and O–H groups in total. The van der Waals surface area contributed by atoms with Gasteiger partial charge in [0.2, 0.25) is 5.91 Å². The molecule has 0 aliphatic heterocycles. The number of primary amides is 1. The van der Waals surface area contributed by atoms with E-state index in [9.17, 15) is 9.59 Å². The van der Waals surface area contributed by atoms with Gasteiger partial charge < -0.3 is 20.9 Å². The monoisotopic (exact) mass is 316 g/mol. The maximum absolute atomic E-state index is 12.3. The number of hydrogen-bond donors (Lipinski definition) is 2. The van der Waals surface area contributed by atoms with Crippen molar-refractivity contribution >= 4 is 24.2 Å². The number of aryl methyl sites for hydroxylation is 1. The van der Waals surface area contributed by atoms with Gasteiger partial charge in [0, 0.05) is 32.9 Å². The maximum atomic E-state index is 12.3. The normalized spacial score (nSPS) is 11.9. The van der Waals surface area contributed by atoms with E-state index in [1.807, 2.05) is 0 Å². The molecule has 0 fully saturated rings. The summed E-state index contributed by atoms with van der Waals surface area (Å²) in [5.41, 5.74) is 12.0. The predicted molar refractivity (Wildman–Crippen MR) is 85.6 cm³/mol. The molecule has 0 bridgehead atoms. The van der Waals surface area contributed by atoms with Crippen molar-refractivity contribution in [2.75, 3.05) is 13.6 Å². The van der Waals surface area contributed by atoms with Crippen LogP contribution in [0, 0.1) is 5.92 Å². The van der Waals surface area contributed by atoms with Crippen LogP contribution in [0.2, 0.25) is 0 Å². The molecule has 0 aliphatic rings. The highest BCUT2D eigenvalue weighted by molar-refractivity contribution is 5.98. The average molecular weight is 317 g/mol. The standard InChI is InChI=1S/C14H24N4O2.ClH/c1-9(2)11(15)5-6-17(3)14(20)12-7-10(13(16)19)8-18(12)4;/h7-9,11H,5-6,15H2,1-4H3,(H2,16,19);1H. The van der Waals surface area contributed by atoms with Crippen molar-refractivity contribution in [1.29, 1.82) is 0 Å². The molecular formula is C14H25ClN4O2. The van der Waals surface area contributed by atoms with Gasteiger partial charge in [-0.2, -0.15) is 0 Å². The van der Waals surface area contributed by atoms with Crippen LogP contribution in [0.25, 0.3) is 0 Å². The Labute approximate surface area is 131 Å². The Morgan fingerprint density at radius 1 is 1.38 bits per heavy atom. The van der Waals surface area contributed by atoms with Crippen molar-refractivity contribution in [3.8, 4) is 0 Å². The summed E-state index contributed by atoms with van der Waals surface area (Å²) in [4.78, 5) is 25.0. The van der Waals surface area contributed by atoms with E-state index < -0.39 is 5.91 Å². The second-order valence-electron chi connectivity index (χ2n) is 5.51. The van der Waals surface area contributed by atoms with Crippen molar-refractivity contribution in [3.05, 3.63) is 23.5 Å². The zero-order valence-electron chi connectivity index (χ0n) is 13.0. The maximum Gasteiger partial charge on any atom is 0.270 e. The van der Waals surface area contributed by atoms with E-state index in [1.165, 1.54) is 6.07 Å². The molecule has 1 aromatic heterocycles. The lowest BCUT2D eigenvalue weighted by atomic mass is 10.0. The van der Waals surface area contributed by atoms with Crippen molar-refractivity contribution < 1.29 is 9.59 Å². The number of carbonyl (C=O) groups is 2. The lowest BCUT2D eigenvalue weighted by Gasteiger charge is -2.21. The van der Waals surface area contributed by atoms with Crippen molar-refractivity contribution in [3.63, 3.8) is 0 Å². The van der Waals surface area contributed by atoms with Gasteiger partial charge in [-0.25, -0.2) is 0 Å². The molecule has 21 heavy (non-hydrogen) atoms. The summed E-state index contributed by atoms with van der Waals surface area (Å²) >= 11 is 0. The molecule has 2 amide bonds. The second-order valence-corrected chi connectivity index (χ2v) is 5.51. The minimum Gasteiger partial charge on any atom is -0.366 e. The van der Waals surface area contributed by atoms with Crippen LogP contribution in [0.4, 0.5) is 0 Å². The molecule has 1 unspecified atom stereocenters. The number of amides is 2. The highest BCUT2D eigenvalue weighted by Gasteiger charge is 2.18. The van der Waals surface area contributed by atoms with Gasteiger partial charge in [0.25, 0.3) is 5.91 Å². The van der Waals surface area contributed by atoms with Gasteiger partial charge in [-0.3, -0.25) is 9.59 Å². The number of rotatable bonds is 6. The quantitative estimate of drug-likeness (QED) is 0.819. The number of nitrogens with zero attached hydrogens (tertiary/aromatic N) is 2. The van der Waals surface area contributed by atoms with E-state index >= 15 is 0 Å². The fourth-order valence-corrected chi connectivity index (χ4v) is 1.89. The molecule has 0 aliphatic carbocycles. The van der Waals surface area contributed by atoms with E-state index in [1.54, 1.807) is 29.8 Å². The van der Waals surface area contributed by atoms with E-state index in [0.717, 1.165) is 6.42 Å². The molecule has 1 aromatic rings. The van der Waals surface area contributed by atoms with E-state index in [0.29, 0.717) is 23.7 Å². The van der Waals surface area contributed by atoms with Gasteiger partial charge in [-0.15, -0.1) is 12.4 Å². The third-order valence-corrected chi connectivity index (χ3v) is 3.51. The van der Waals surface area contributed by atoms with E-state index in [-0.39, 0.29) is 24.4 Å². The van der Waals surface area contributed by atoms with Crippen LogP contribution in [-0.2, 0) is 7.05 Å². The number of nitrogens with two attached hydrogens (primary N) is 2. The summed E-state index contributed by atoms with van der Waals surface area (Å²) in [6.45, 7) is 4.70. The van der Waals surface area contributed by atoms with Crippen molar-refractivity contribution in [2.45, 2.75) is 26.3 Å². The first-order chi connectivity index (χ1) is 9.23. The first-order valence-electron chi connectivity index (χ1n) is 6.71. The van der Waals surface area contributed by atoms with Crippen LogP contribution in [0.15, 0.2) is 12.3 Å². The summed E-state index contributed by atoms with van der Waals surface area (Å²) in [6, 6.07) is 1.59. The highest BCUT2D eigenvalue weighted by Crippen LogP contribution is 2.11. The Morgan fingerprint density at radius 3 is 2.38 bits per heavy atom. The van der Waals surface area contributed by atoms with Gasteiger partial charge in [-0.1, -0.05) is 13.8 Å². The molecule has 1 heterocycles. The van der Waals surface area contributed by atoms with Gasteiger partial charge in [0.15, 0.2) is 0 Å². The molecule has 7 heteroatoms. The second kappa shape index (κ2) is 8.05. The van der Waals surface area contributed by atoms with Crippen LogP contribution in [0.1, 0.15) is 41.1 Å². The fourth-order valence-electron chi connectivity index (χ4n) is 1.89. The number of aromatic nitrogens is 1. The molecular weight excluding hydrogens is 292 g/mol. The summed E-state index contributed by atoms with van der Waals surface area (Å²) in [6.07, 6.45) is 2.30. The molecule has 0 spiro atoms. The Balaban J connectivity index is 0.00000400. The van der Waals surface area contributed by atoms with Gasteiger partial charge >= 0.3 is 0 Å². The van der Waals surface area contributed by atoms with Crippen LogP contribution in [-0.4, -0.2) is 40.9 Å². The molecule has 6 nitrogen and oxygen atoms in total. The zero-order chi connectivity index (χ0) is 15.4. The first kappa shape index (κ1) is 19.5. The number of hydrogen-bond acceptors (Lipinski definition) is 3. The predicted octanol–water partition coefficient (Wildman–Crippen LogP) is 0.991. The third kappa shape index (κ3) is 5.06. The largest absolute Gasteiger partial charge is 0.366 e. The summed E-state index contributed by atoms with van der Waals surface area (Å²) in [5, 5.41) is 0. The van der Waals surface area contributed by atoms with Crippen LogP contribution < -0.4 is 11.5 Å². The van der Waals surface area contributed by atoms with Crippen molar-refractivity contribution in [1.82, 2.24) is 9.47 Å². The van der Waals surface area contributed by atoms with Gasteiger partial charge in [0.05, 0.1) is 5.56 Å². The van der Waals surface area contributed by atoms with Crippen molar-refractivity contribution in [2.24, 2.45) is 24.4 Å². The Hall–Kier alpha value is -1.53. The molecule has 1 atom stereocenters. The topological polar surface area (TPSA) is 94.3 Å². The van der Waals surface area contributed by atoms with E-state index in [4.69, 9.17) is 11.5 Å². The summed E-state index contributed by atoms with van der Waals surface area (Å²) < 4.78 is 1.61. The first-order valence-corrected chi connectivity index (χ1v) is 6.71. The Kier molecular flexibility index (Phi) is 7.46. The van der Waals surface area contributed by atoms with E-state index in [2.05, 4.69) is 13.8 Å². The van der Waals surface area contributed by atoms with Crippen LogP contribution in [0.5, 0.6) is 0 Å². The van der Waals surface area contributed by atoms with Crippen LogP contribution >= 0.6 is 12.4 Å². The smallest absolute Gasteiger partial charge is 0.270 e. The minimum atomic E-state index is -0.538. The fraction of sp³-hybridized carbons (Fsp3) is 0.571. The summed E-state index contributed by atoms with van der Waals surface area (Å²) in [5.74, 6) is -0.296. The highest BCUT2D eigenvalue weighted by atomic mass is 35.5. The Morgan fingerprint density at radius 2 is 1.95 bits per heavy atom. The number of carbonyl (C=O) groups excluding carboxylic acids is 2.